The van der Waals surface area contributed by atoms with E-state index >= 15 is 0 Å². The van der Waals surface area contributed by atoms with Gasteiger partial charge in [-0.2, -0.15) is 5.10 Å². The second-order valence-electron chi connectivity index (χ2n) is 11.2. The van der Waals surface area contributed by atoms with Crippen molar-refractivity contribution in [3.05, 3.63) is 47.0 Å². The zero-order chi connectivity index (χ0) is 28.8. The molecule has 0 saturated heterocycles. The number of nitrogens with one attached hydrogen (secondary N) is 1. The molecule has 11 nitrogen and oxygen atoms in total. The van der Waals surface area contributed by atoms with Crippen LogP contribution in [0.15, 0.2) is 24.5 Å². The third-order valence-electron chi connectivity index (χ3n) is 7.77. The van der Waals surface area contributed by atoms with E-state index in [9.17, 15) is 19.2 Å². The number of hydrogen-bond donors (Lipinski definition) is 1. The Morgan fingerprint density at radius 3 is 2.65 bits per heavy atom. The second kappa shape index (κ2) is 13.1. The molecule has 1 aliphatic carbocycles. The van der Waals surface area contributed by atoms with Gasteiger partial charge in [-0.3, -0.25) is 28.8 Å². The Kier molecular flexibility index (Phi) is 9.54. The van der Waals surface area contributed by atoms with Crippen molar-refractivity contribution in [2.45, 2.75) is 58.4 Å². The molecule has 11 heteroatoms. The van der Waals surface area contributed by atoms with Gasteiger partial charge in [-0.25, -0.2) is 0 Å². The molecule has 1 aliphatic heterocycles. The number of fused-ring (bicyclic) bond motifs is 1. The maximum Gasteiger partial charge on any atom is 0.272 e. The molecule has 0 aromatic carbocycles. The maximum absolute atomic E-state index is 13.4. The Hall–Kier alpha value is -3.76. The highest BCUT2D eigenvalue weighted by atomic mass is 16.2. The highest BCUT2D eigenvalue weighted by molar-refractivity contribution is 5.94. The molecule has 4 rings (SSSR count). The van der Waals surface area contributed by atoms with E-state index in [0.717, 1.165) is 23.2 Å². The van der Waals surface area contributed by atoms with E-state index in [1.165, 1.54) is 0 Å². The molecule has 1 unspecified atom stereocenters. The van der Waals surface area contributed by atoms with Crippen molar-refractivity contribution in [3.63, 3.8) is 0 Å². The van der Waals surface area contributed by atoms with Crippen molar-refractivity contribution in [2.24, 2.45) is 13.0 Å². The third kappa shape index (κ3) is 7.05. The fraction of sp³-hybridized carbons (Fsp3) is 0.586. The van der Waals surface area contributed by atoms with Crippen LogP contribution >= 0.6 is 0 Å². The topological polar surface area (TPSA) is 121 Å². The lowest BCUT2D eigenvalue weighted by Crippen LogP contribution is -2.47. The van der Waals surface area contributed by atoms with Gasteiger partial charge in [0.15, 0.2) is 5.69 Å². The van der Waals surface area contributed by atoms with Gasteiger partial charge in [0.05, 0.1) is 13.0 Å². The van der Waals surface area contributed by atoms with Crippen molar-refractivity contribution >= 4 is 23.6 Å². The quantitative estimate of drug-likeness (QED) is 0.610. The Bertz CT molecular complexity index is 1230. The number of rotatable bonds is 4. The summed E-state index contributed by atoms with van der Waals surface area (Å²) in [5, 5.41) is 7.46. The minimum Gasteiger partial charge on any atom is -0.349 e. The fourth-order valence-corrected chi connectivity index (χ4v) is 5.58. The van der Waals surface area contributed by atoms with Crippen molar-refractivity contribution in [2.75, 3.05) is 39.8 Å². The molecule has 216 valence electrons. The van der Waals surface area contributed by atoms with E-state index in [1.54, 1.807) is 44.9 Å². The van der Waals surface area contributed by atoms with Gasteiger partial charge in [-0.05, 0) is 43.2 Å². The first-order valence-corrected chi connectivity index (χ1v) is 14.2. The molecular formula is C29H41N7O4. The summed E-state index contributed by atoms with van der Waals surface area (Å²) in [5.41, 5.74) is 3.04. The number of carbonyl (C=O) groups excluding carboxylic acids is 4. The summed E-state index contributed by atoms with van der Waals surface area (Å²) in [6, 6.07) is 3.56. The van der Waals surface area contributed by atoms with Gasteiger partial charge in [0.25, 0.3) is 5.91 Å². The molecule has 1 atom stereocenters. The van der Waals surface area contributed by atoms with Crippen LogP contribution < -0.4 is 5.32 Å². The molecule has 2 aromatic rings. The summed E-state index contributed by atoms with van der Waals surface area (Å²) in [6.07, 6.45) is 6.21. The Morgan fingerprint density at radius 1 is 1.12 bits per heavy atom. The Balaban J connectivity index is 1.58. The van der Waals surface area contributed by atoms with Crippen molar-refractivity contribution < 1.29 is 19.2 Å². The summed E-state index contributed by atoms with van der Waals surface area (Å²) < 4.78 is 1.76. The van der Waals surface area contributed by atoms with Crippen LogP contribution in [-0.2, 0) is 40.7 Å². The predicted molar refractivity (Wildman–Crippen MR) is 149 cm³/mol. The predicted octanol–water partition coefficient (Wildman–Crippen LogP) is 1.21. The molecule has 2 bridgehead atoms. The SMILES string of the molecule is CC(C)CN1CC(=O)N(C)C2CCc3c(c(nn3C)C(=O)NCCN(C(=O)Cc3cccnc3)CCCC1=O)C2. The van der Waals surface area contributed by atoms with Gasteiger partial charge < -0.3 is 20.0 Å². The van der Waals surface area contributed by atoms with E-state index in [1.807, 2.05) is 27.0 Å². The van der Waals surface area contributed by atoms with Crippen molar-refractivity contribution in [3.8, 4) is 0 Å². The number of nitrogens with zero attached hydrogens (tertiary/aromatic N) is 6. The van der Waals surface area contributed by atoms with Crippen LogP contribution in [0, 0.1) is 5.92 Å². The first-order valence-electron chi connectivity index (χ1n) is 14.2. The monoisotopic (exact) mass is 551 g/mol. The normalized spacial score (nSPS) is 19.6. The van der Waals surface area contributed by atoms with Crippen LogP contribution in [0.25, 0.3) is 0 Å². The molecular weight excluding hydrogens is 510 g/mol. The van der Waals surface area contributed by atoms with E-state index in [4.69, 9.17) is 0 Å². The Labute approximate surface area is 235 Å². The largest absolute Gasteiger partial charge is 0.349 e. The first-order chi connectivity index (χ1) is 19.1. The number of aryl methyl sites for hydroxylation is 1. The van der Waals surface area contributed by atoms with Crippen molar-refractivity contribution in [1.82, 2.24) is 34.8 Å². The van der Waals surface area contributed by atoms with Crippen LogP contribution in [0.4, 0.5) is 0 Å². The molecule has 2 aromatic heterocycles. The average molecular weight is 552 g/mol. The summed E-state index contributed by atoms with van der Waals surface area (Å²) in [4.78, 5) is 62.2. The number of carbonyl (C=O) groups is 4. The van der Waals surface area contributed by atoms with Crippen LogP contribution in [-0.4, -0.2) is 98.9 Å². The summed E-state index contributed by atoms with van der Waals surface area (Å²) in [5.74, 6) is -0.376. The lowest BCUT2D eigenvalue weighted by Gasteiger charge is -2.34. The van der Waals surface area contributed by atoms with E-state index in [-0.39, 0.29) is 61.5 Å². The lowest BCUT2D eigenvalue weighted by atomic mass is 9.90. The standard InChI is InChI=1S/C29H41N7O4/c1-20(2)18-36-19-27(39)33(3)22-9-10-24-23(16-22)28(32-34(24)4)29(40)31-12-14-35(13-6-8-25(36)37)26(38)15-21-7-5-11-30-17-21/h5,7,11,17,20,22H,6,8-10,12-16,18-19H2,1-4H3,(H,31,40). The van der Waals surface area contributed by atoms with Crippen molar-refractivity contribution in [1.29, 1.82) is 0 Å². The Morgan fingerprint density at radius 2 is 1.93 bits per heavy atom. The van der Waals surface area contributed by atoms with Gasteiger partial charge in [0, 0.05) is 76.4 Å². The molecule has 4 amide bonds. The number of hydrogen-bond acceptors (Lipinski definition) is 6. The number of aromatic nitrogens is 3. The fourth-order valence-electron chi connectivity index (χ4n) is 5.58. The summed E-state index contributed by atoms with van der Waals surface area (Å²) in [7, 11) is 3.62. The zero-order valence-corrected chi connectivity index (χ0v) is 24.1. The third-order valence-corrected chi connectivity index (χ3v) is 7.77. The molecule has 1 N–H and O–H groups in total. The second-order valence-corrected chi connectivity index (χ2v) is 11.2. The van der Waals surface area contributed by atoms with Gasteiger partial charge in [0.1, 0.15) is 0 Å². The number of amides is 4. The molecule has 0 fully saturated rings. The number of likely N-dealkylation sites (N-methyl/N-ethyl adjacent to an activating group) is 1. The van der Waals surface area contributed by atoms with Crippen LogP contribution in [0.1, 0.15) is 60.4 Å². The highest BCUT2D eigenvalue weighted by Crippen LogP contribution is 2.27. The molecule has 0 radical (unpaired) electrons. The maximum atomic E-state index is 13.4. The zero-order valence-electron chi connectivity index (χ0n) is 24.1. The summed E-state index contributed by atoms with van der Waals surface area (Å²) in [6.45, 7) is 5.50. The van der Waals surface area contributed by atoms with Gasteiger partial charge in [-0.1, -0.05) is 19.9 Å². The molecule has 0 saturated carbocycles. The van der Waals surface area contributed by atoms with E-state index < -0.39 is 0 Å². The van der Waals surface area contributed by atoms with Gasteiger partial charge in [-0.15, -0.1) is 0 Å². The lowest BCUT2D eigenvalue weighted by molar-refractivity contribution is -0.141. The van der Waals surface area contributed by atoms with Gasteiger partial charge >= 0.3 is 0 Å². The van der Waals surface area contributed by atoms with Crippen LogP contribution in [0.5, 0.6) is 0 Å². The molecule has 40 heavy (non-hydrogen) atoms. The summed E-state index contributed by atoms with van der Waals surface area (Å²) >= 11 is 0. The average Bonchev–Trinajstić information content (AvgIpc) is 3.26. The molecule has 3 heterocycles. The number of pyridine rings is 1. The smallest absolute Gasteiger partial charge is 0.272 e. The molecule has 2 aliphatic rings. The minimum atomic E-state index is -0.284. The molecule has 0 spiro atoms. The first kappa shape index (κ1) is 29.2. The van der Waals surface area contributed by atoms with Crippen LogP contribution in [0.3, 0.4) is 0 Å². The minimum absolute atomic E-state index is 0.0148. The van der Waals surface area contributed by atoms with E-state index in [0.29, 0.717) is 44.6 Å². The highest BCUT2D eigenvalue weighted by Gasteiger charge is 2.32. The van der Waals surface area contributed by atoms with Crippen LogP contribution in [0.2, 0.25) is 0 Å². The van der Waals surface area contributed by atoms with E-state index in [2.05, 4.69) is 15.4 Å². The van der Waals surface area contributed by atoms with Gasteiger partial charge in [0.2, 0.25) is 17.7 Å².